The first-order chi connectivity index (χ1) is 8.78. The topological polar surface area (TPSA) is 12.0 Å². The fraction of sp³-hybridized carbons (Fsp3) is 0.250. The molecule has 18 heavy (non-hydrogen) atoms. The van der Waals surface area contributed by atoms with Gasteiger partial charge in [-0.3, -0.25) is 0 Å². The fourth-order valence-electron chi connectivity index (χ4n) is 2.65. The molecular weight excluding hydrogens is 225 g/mol. The Hall–Kier alpha value is -1.67. The van der Waals surface area contributed by atoms with E-state index in [0.717, 1.165) is 19.5 Å². The molecule has 1 nitrogen and oxygen atoms in total. The predicted molar refractivity (Wildman–Crippen MR) is 71.1 cm³/mol. The highest BCUT2D eigenvalue weighted by Gasteiger charge is 2.38. The smallest absolute Gasteiger partial charge is 0.123 e. The molecule has 0 aromatic heterocycles. The van der Waals surface area contributed by atoms with Crippen LogP contribution >= 0.6 is 0 Å². The van der Waals surface area contributed by atoms with Crippen molar-refractivity contribution in [2.45, 2.75) is 11.8 Å². The number of hydrogen-bond acceptors (Lipinski definition) is 1. The summed E-state index contributed by atoms with van der Waals surface area (Å²) in [6.45, 7) is 1.93. The summed E-state index contributed by atoms with van der Waals surface area (Å²) in [6, 6.07) is 17.4. The monoisotopic (exact) mass is 241 g/mol. The SMILES string of the molecule is Fc1ccc(C2(Cc3ccccc3)CNC2)cc1. The summed E-state index contributed by atoms with van der Waals surface area (Å²) in [6.07, 6.45) is 1.01. The van der Waals surface area contributed by atoms with Gasteiger partial charge in [-0.15, -0.1) is 0 Å². The van der Waals surface area contributed by atoms with Crippen LogP contribution in [0, 0.1) is 5.82 Å². The van der Waals surface area contributed by atoms with Gasteiger partial charge in [0, 0.05) is 18.5 Å². The van der Waals surface area contributed by atoms with Gasteiger partial charge in [-0.25, -0.2) is 4.39 Å². The van der Waals surface area contributed by atoms with E-state index >= 15 is 0 Å². The third-order valence-corrected chi connectivity index (χ3v) is 3.77. The minimum atomic E-state index is -0.166. The van der Waals surface area contributed by atoms with Gasteiger partial charge in [0.25, 0.3) is 0 Å². The van der Waals surface area contributed by atoms with Gasteiger partial charge in [0.15, 0.2) is 0 Å². The molecule has 0 radical (unpaired) electrons. The normalized spacial score (nSPS) is 17.2. The van der Waals surface area contributed by atoms with Gasteiger partial charge in [0.2, 0.25) is 0 Å². The van der Waals surface area contributed by atoms with E-state index < -0.39 is 0 Å². The molecule has 2 aromatic carbocycles. The Morgan fingerprint density at radius 1 is 0.944 bits per heavy atom. The molecule has 0 unspecified atom stereocenters. The summed E-state index contributed by atoms with van der Waals surface area (Å²) < 4.78 is 13.0. The van der Waals surface area contributed by atoms with Gasteiger partial charge in [-0.2, -0.15) is 0 Å². The van der Waals surface area contributed by atoms with Crippen molar-refractivity contribution in [1.82, 2.24) is 5.32 Å². The lowest BCUT2D eigenvalue weighted by molar-refractivity contribution is 0.274. The van der Waals surface area contributed by atoms with Crippen LogP contribution in [0.4, 0.5) is 4.39 Å². The molecule has 0 atom stereocenters. The number of halogens is 1. The van der Waals surface area contributed by atoms with Crippen molar-refractivity contribution < 1.29 is 4.39 Å². The molecule has 1 saturated heterocycles. The predicted octanol–water partition coefficient (Wildman–Crippen LogP) is 2.91. The summed E-state index contributed by atoms with van der Waals surface area (Å²) in [5.41, 5.74) is 2.70. The summed E-state index contributed by atoms with van der Waals surface area (Å²) >= 11 is 0. The van der Waals surface area contributed by atoms with Crippen LogP contribution in [0.3, 0.4) is 0 Å². The maximum absolute atomic E-state index is 13.0. The van der Waals surface area contributed by atoms with Crippen molar-refractivity contribution in [2.24, 2.45) is 0 Å². The van der Waals surface area contributed by atoms with Crippen molar-refractivity contribution in [3.63, 3.8) is 0 Å². The first-order valence-electron chi connectivity index (χ1n) is 6.29. The zero-order chi connectivity index (χ0) is 12.4. The molecule has 0 aliphatic carbocycles. The molecule has 2 heteroatoms. The van der Waals surface area contributed by atoms with Crippen LogP contribution < -0.4 is 5.32 Å². The van der Waals surface area contributed by atoms with Gasteiger partial charge in [0.05, 0.1) is 0 Å². The third kappa shape index (κ3) is 2.04. The molecule has 1 heterocycles. The molecule has 3 rings (SSSR count). The maximum atomic E-state index is 13.0. The van der Waals surface area contributed by atoms with Gasteiger partial charge < -0.3 is 5.32 Å². The van der Waals surface area contributed by atoms with E-state index in [-0.39, 0.29) is 11.2 Å². The van der Waals surface area contributed by atoms with E-state index in [1.54, 1.807) is 12.1 Å². The second-order valence-corrected chi connectivity index (χ2v) is 5.05. The number of benzene rings is 2. The number of hydrogen-bond donors (Lipinski definition) is 1. The first-order valence-corrected chi connectivity index (χ1v) is 6.29. The quantitative estimate of drug-likeness (QED) is 0.871. The van der Waals surface area contributed by atoms with Gasteiger partial charge in [0.1, 0.15) is 5.82 Å². The molecule has 2 aromatic rings. The van der Waals surface area contributed by atoms with Crippen molar-refractivity contribution >= 4 is 0 Å². The van der Waals surface area contributed by atoms with Crippen LogP contribution in [0.2, 0.25) is 0 Å². The summed E-state index contributed by atoms with van der Waals surface area (Å²) in [4.78, 5) is 0. The summed E-state index contributed by atoms with van der Waals surface area (Å²) in [5, 5.41) is 3.34. The van der Waals surface area contributed by atoms with Gasteiger partial charge >= 0.3 is 0 Å². The Morgan fingerprint density at radius 2 is 1.61 bits per heavy atom. The lowest BCUT2D eigenvalue weighted by Crippen LogP contribution is -2.58. The van der Waals surface area contributed by atoms with E-state index in [9.17, 15) is 4.39 Å². The molecule has 1 N–H and O–H groups in total. The van der Waals surface area contributed by atoms with Crippen molar-refractivity contribution in [3.8, 4) is 0 Å². The Kier molecular flexibility index (Phi) is 2.88. The van der Waals surface area contributed by atoms with Crippen LogP contribution in [-0.4, -0.2) is 13.1 Å². The highest BCUT2D eigenvalue weighted by atomic mass is 19.1. The van der Waals surface area contributed by atoms with E-state index in [1.165, 1.54) is 11.1 Å². The van der Waals surface area contributed by atoms with Gasteiger partial charge in [-0.05, 0) is 29.7 Å². The van der Waals surface area contributed by atoms with Crippen molar-refractivity contribution in [2.75, 3.05) is 13.1 Å². The zero-order valence-corrected chi connectivity index (χ0v) is 10.2. The van der Waals surface area contributed by atoms with E-state index in [2.05, 4.69) is 29.6 Å². The van der Waals surface area contributed by atoms with E-state index in [4.69, 9.17) is 0 Å². The van der Waals surface area contributed by atoms with E-state index in [1.807, 2.05) is 18.2 Å². The zero-order valence-electron chi connectivity index (χ0n) is 10.2. The van der Waals surface area contributed by atoms with Crippen LogP contribution in [-0.2, 0) is 11.8 Å². The largest absolute Gasteiger partial charge is 0.315 e. The van der Waals surface area contributed by atoms with E-state index in [0.29, 0.717) is 0 Å². The molecule has 0 amide bonds. The van der Waals surface area contributed by atoms with Crippen LogP contribution in [0.15, 0.2) is 54.6 Å². The molecule has 1 aliphatic heterocycles. The summed E-state index contributed by atoms with van der Waals surface area (Å²) in [7, 11) is 0. The average Bonchev–Trinajstić information content (AvgIpc) is 2.36. The highest BCUT2D eigenvalue weighted by molar-refractivity contribution is 5.33. The first kappa shape index (κ1) is 11.4. The van der Waals surface area contributed by atoms with Crippen LogP contribution in [0.5, 0.6) is 0 Å². The number of rotatable bonds is 3. The molecule has 0 saturated carbocycles. The maximum Gasteiger partial charge on any atom is 0.123 e. The molecule has 1 fully saturated rings. The molecule has 0 spiro atoms. The second kappa shape index (κ2) is 4.54. The lowest BCUT2D eigenvalue weighted by atomic mass is 9.71. The van der Waals surface area contributed by atoms with Crippen LogP contribution in [0.25, 0.3) is 0 Å². The molecule has 92 valence electrons. The molecular formula is C16H16FN. The Morgan fingerprint density at radius 3 is 2.17 bits per heavy atom. The van der Waals surface area contributed by atoms with Crippen molar-refractivity contribution in [1.29, 1.82) is 0 Å². The minimum absolute atomic E-state index is 0.134. The molecule has 0 bridgehead atoms. The average molecular weight is 241 g/mol. The Balaban J connectivity index is 1.88. The Labute approximate surface area is 107 Å². The van der Waals surface area contributed by atoms with Crippen molar-refractivity contribution in [3.05, 3.63) is 71.5 Å². The lowest BCUT2D eigenvalue weighted by Gasteiger charge is -2.43. The Bertz CT molecular complexity index is 515. The second-order valence-electron chi connectivity index (χ2n) is 5.05. The number of nitrogens with one attached hydrogen (secondary N) is 1. The third-order valence-electron chi connectivity index (χ3n) is 3.77. The molecule has 1 aliphatic rings. The van der Waals surface area contributed by atoms with Crippen LogP contribution in [0.1, 0.15) is 11.1 Å². The van der Waals surface area contributed by atoms with Gasteiger partial charge in [-0.1, -0.05) is 42.5 Å². The highest BCUT2D eigenvalue weighted by Crippen LogP contribution is 2.32. The summed E-state index contributed by atoms with van der Waals surface area (Å²) in [5.74, 6) is -0.166. The standard InChI is InChI=1S/C16H16FN/c17-15-8-6-14(7-9-15)16(11-18-12-16)10-13-4-2-1-3-5-13/h1-9,18H,10-12H2. The minimum Gasteiger partial charge on any atom is -0.315 e. The fourth-order valence-corrected chi connectivity index (χ4v) is 2.65.